The second kappa shape index (κ2) is 7.15. The van der Waals surface area contributed by atoms with Crippen LogP contribution in [0.25, 0.3) is 5.69 Å². The number of ether oxygens (including phenoxy) is 1. The third-order valence-electron chi connectivity index (χ3n) is 4.68. The van der Waals surface area contributed by atoms with E-state index in [2.05, 4.69) is 15.6 Å². The largest absolute Gasteiger partial charge is 0.380 e. The smallest absolute Gasteiger partial charge is 0.228 e. The highest BCUT2D eigenvalue weighted by Gasteiger charge is 2.26. The van der Waals surface area contributed by atoms with E-state index in [1.807, 2.05) is 49.0 Å². The summed E-state index contributed by atoms with van der Waals surface area (Å²) in [5.74, 6) is -0.0337. The predicted molar refractivity (Wildman–Crippen MR) is 93.4 cm³/mol. The molecule has 6 heteroatoms. The predicted octanol–water partition coefficient (Wildman–Crippen LogP) is 2.05. The van der Waals surface area contributed by atoms with Crippen molar-refractivity contribution in [1.82, 2.24) is 14.9 Å². The molecule has 0 saturated carbocycles. The monoisotopic (exact) mass is 328 g/mol. The van der Waals surface area contributed by atoms with Crippen LogP contribution in [0.3, 0.4) is 0 Å². The van der Waals surface area contributed by atoms with Crippen LogP contribution in [0.15, 0.2) is 30.6 Å². The van der Waals surface area contributed by atoms with E-state index in [0.29, 0.717) is 6.54 Å². The van der Waals surface area contributed by atoms with E-state index < -0.39 is 0 Å². The number of hydrogen-bond donors (Lipinski definition) is 2. The van der Waals surface area contributed by atoms with Gasteiger partial charge >= 0.3 is 0 Å². The zero-order chi connectivity index (χ0) is 17.1. The standard InChI is InChI=1S/C18H24N4O2/c1-12-13(2)22(11-20-12)16-6-4-15(5-7-16)21-18(23)14-8-17(24-3)10-19-9-14/h4-7,11,14,17,19H,8-10H2,1-3H3,(H,21,23). The lowest BCUT2D eigenvalue weighted by Gasteiger charge is -2.28. The molecule has 2 aromatic rings. The van der Waals surface area contributed by atoms with Crippen molar-refractivity contribution in [3.05, 3.63) is 42.0 Å². The van der Waals surface area contributed by atoms with Gasteiger partial charge in [-0.15, -0.1) is 0 Å². The molecule has 0 radical (unpaired) electrons. The quantitative estimate of drug-likeness (QED) is 0.901. The molecular weight excluding hydrogens is 304 g/mol. The zero-order valence-electron chi connectivity index (χ0n) is 14.4. The van der Waals surface area contributed by atoms with Gasteiger partial charge in [-0.25, -0.2) is 4.98 Å². The molecule has 1 aromatic heterocycles. The molecular formula is C18H24N4O2. The summed E-state index contributed by atoms with van der Waals surface area (Å²) >= 11 is 0. The van der Waals surface area contributed by atoms with Gasteiger partial charge in [0.15, 0.2) is 0 Å². The summed E-state index contributed by atoms with van der Waals surface area (Å²) in [6.07, 6.45) is 2.67. The average molecular weight is 328 g/mol. The Bertz CT molecular complexity index is 708. The van der Waals surface area contributed by atoms with Gasteiger partial charge in [0.2, 0.25) is 5.91 Å². The summed E-state index contributed by atoms with van der Waals surface area (Å²) in [4.78, 5) is 16.7. The van der Waals surface area contributed by atoms with E-state index in [0.717, 1.165) is 35.7 Å². The molecule has 0 spiro atoms. The van der Waals surface area contributed by atoms with Gasteiger partial charge in [-0.2, -0.15) is 0 Å². The Balaban J connectivity index is 1.66. The first kappa shape index (κ1) is 16.7. The molecule has 1 aliphatic heterocycles. The summed E-state index contributed by atoms with van der Waals surface area (Å²) in [6.45, 7) is 5.53. The topological polar surface area (TPSA) is 68.2 Å². The fourth-order valence-corrected chi connectivity index (χ4v) is 2.99. The number of benzene rings is 1. The Morgan fingerprint density at radius 1 is 1.29 bits per heavy atom. The Morgan fingerprint density at radius 2 is 2.04 bits per heavy atom. The van der Waals surface area contributed by atoms with Gasteiger partial charge in [0, 0.05) is 37.3 Å². The van der Waals surface area contributed by atoms with Gasteiger partial charge in [-0.3, -0.25) is 4.79 Å². The summed E-state index contributed by atoms with van der Waals surface area (Å²) in [5.41, 5.74) is 3.97. The summed E-state index contributed by atoms with van der Waals surface area (Å²) < 4.78 is 7.39. The van der Waals surface area contributed by atoms with Crippen molar-refractivity contribution in [3.8, 4) is 5.69 Å². The van der Waals surface area contributed by atoms with E-state index in [9.17, 15) is 4.79 Å². The molecule has 1 amide bonds. The lowest BCUT2D eigenvalue weighted by atomic mass is 9.96. The maximum Gasteiger partial charge on any atom is 0.228 e. The van der Waals surface area contributed by atoms with Crippen molar-refractivity contribution in [2.24, 2.45) is 5.92 Å². The lowest BCUT2D eigenvalue weighted by molar-refractivity contribution is -0.121. The van der Waals surface area contributed by atoms with Crippen LogP contribution >= 0.6 is 0 Å². The molecule has 0 bridgehead atoms. The maximum absolute atomic E-state index is 12.4. The van der Waals surface area contributed by atoms with Gasteiger partial charge in [-0.05, 0) is 44.5 Å². The number of nitrogens with zero attached hydrogens (tertiary/aromatic N) is 2. The van der Waals surface area contributed by atoms with E-state index in [1.54, 1.807) is 7.11 Å². The molecule has 6 nitrogen and oxygen atoms in total. The molecule has 3 rings (SSSR count). The lowest BCUT2D eigenvalue weighted by Crippen LogP contribution is -2.44. The van der Waals surface area contributed by atoms with Gasteiger partial charge in [0.1, 0.15) is 0 Å². The molecule has 0 aliphatic carbocycles. The van der Waals surface area contributed by atoms with E-state index in [4.69, 9.17) is 4.74 Å². The van der Waals surface area contributed by atoms with Crippen LogP contribution < -0.4 is 10.6 Å². The Morgan fingerprint density at radius 3 is 2.67 bits per heavy atom. The molecule has 2 N–H and O–H groups in total. The molecule has 1 saturated heterocycles. The molecule has 1 aliphatic rings. The number of nitrogens with one attached hydrogen (secondary N) is 2. The number of carbonyl (C=O) groups is 1. The van der Waals surface area contributed by atoms with Crippen LogP contribution in [0.4, 0.5) is 5.69 Å². The number of anilines is 1. The number of carbonyl (C=O) groups excluding carboxylic acids is 1. The minimum atomic E-state index is -0.0677. The highest BCUT2D eigenvalue weighted by molar-refractivity contribution is 5.92. The third kappa shape index (κ3) is 3.49. The number of aromatic nitrogens is 2. The van der Waals surface area contributed by atoms with Crippen LogP contribution in [0.5, 0.6) is 0 Å². The SMILES string of the molecule is COC1CNCC(C(=O)Nc2ccc(-n3cnc(C)c3C)cc2)C1. The first-order chi connectivity index (χ1) is 11.6. The van der Waals surface area contributed by atoms with Crippen LogP contribution in [-0.4, -0.2) is 41.8 Å². The normalized spacial score (nSPS) is 20.8. The molecule has 24 heavy (non-hydrogen) atoms. The average Bonchev–Trinajstić information content (AvgIpc) is 2.95. The first-order valence-electron chi connectivity index (χ1n) is 8.24. The van der Waals surface area contributed by atoms with Gasteiger partial charge in [0.25, 0.3) is 0 Å². The third-order valence-corrected chi connectivity index (χ3v) is 4.68. The van der Waals surface area contributed by atoms with Gasteiger partial charge in [0.05, 0.1) is 24.0 Å². The number of methoxy groups -OCH3 is 1. The van der Waals surface area contributed by atoms with E-state index >= 15 is 0 Å². The summed E-state index contributed by atoms with van der Waals surface area (Å²) in [5, 5.41) is 6.24. The van der Waals surface area contributed by atoms with E-state index in [-0.39, 0.29) is 17.9 Å². The number of aryl methyl sites for hydroxylation is 1. The van der Waals surface area contributed by atoms with Crippen LogP contribution in [0.2, 0.25) is 0 Å². The van der Waals surface area contributed by atoms with Crippen molar-refractivity contribution < 1.29 is 9.53 Å². The number of piperidine rings is 1. The number of imidazole rings is 1. The molecule has 1 fully saturated rings. The maximum atomic E-state index is 12.4. The minimum absolute atomic E-state index is 0.0339. The molecule has 128 valence electrons. The first-order valence-corrected chi connectivity index (χ1v) is 8.24. The van der Waals surface area contributed by atoms with Crippen LogP contribution in [-0.2, 0) is 9.53 Å². The zero-order valence-corrected chi connectivity index (χ0v) is 14.4. The van der Waals surface area contributed by atoms with Crippen LogP contribution in [0, 0.1) is 19.8 Å². The molecule has 2 atom stereocenters. The second-order valence-corrected chi connectivity index (χ2v) is 6.27. The summed E-state index contributed by atoms with van der Waals surface area (Å²) in [7, 11) is 1.69. The van der Waals surface area contributed by atoms with Crippen LogP contribution in [0.1, 0.15) is 17.8 Å². The fourth-order valence-electron chi connectivity index (χ4n) is 2.99. The Labute approximate surface area is 142 Å². The summed E-state index contributed by atoms with van der Waals surface area (Å²) in [6, 6.07) is 7.82. The molecule has 2 heterocycles. The Hall–Kier alpha value is -2.18. The minimum Gasteiger partial charge on any atom is -0.380 e. The van der Waals surface area contributed by atoms with Crippen molar-refractivity contribution in [2.45, 2.75) is 26.4 Å². The van der Waals surface area contributed by atoms with Crippen molar-refractivity contribution >= 4 is 11.6 Å². The second-order valence-electron chi connectivity index (χ2n) is 6.27. The number of amides is 1. The van der Waals surface area contributed by atoms with Crippen molar-refractivity contribution in [3.63, 3.8) is 0 Å². The van der Waals surface area contributed by atoms with Crippen molar-refractivity contribution in [2.75, 3.05) is 25.5 Å². The number of hydrogen-bond acceptors (Lipinski definition) is 4. The van der Waals surface area contributed by atoms with Gasteiger partial charge < -0.3 is 19.9 Å². The highest BCUT2D eigenvalue weighted by Crippen LogP contribution is 2.19. The molecule has 2 unspecified atom stereocenters. The van der Waals surface area contributed by atoms with Crippen molar-refractivity contribution in [1.29, 1.82) is 0 Å². The van der Waals surface area contributed by atoms with Gasteiger partial charge in [-0.1, -0.05) is 0 Å². The fraction of sp³-hybridized carbons (Fsp3) is 0.444. The highest BCUT2D eigenvalue weighted by atomic mass is 16.5. The Kier molecular flexibility index (Phi) is 4.97. The number of rotatable bonds is 4. The van der Waals surface area contributed by atoms with E-state index in [1.165, 1.54) is 0 Å². The molecule has 1 aromatic carbocycles.